The van der Waals surface area contributed by atoms with Gasteiger partial charge in [-0.25, -0.2) is 4.79 Å². The molecule has 3 rings (SSSR count). The molecule has 1 heterocycles. The number of azide groups is 1. The highest BCUT2D eigenvalue weighted by atomic mass is 16.5. The fraction of sp³-hybridized carbons (Fsp3) is 0.391. The van der Waals surface area contributed by atoms with Gasteiger partial charge in [0.15, 0.2) is 11.5 Å². The summed E-state index contributed by atoms with van der Waals surface area (Å²) < 4.78 is 21.8. The van der Waals surface area contributed by atoms with Crippen LogP contribution in [0.2, 0.25) is 0 Å². The van der Waals surface area contributed by atoms with Crippen LogP contribution in [0.4, 0.5) is 5.69 Å². The Balaban J connectivity index is 1.94. The molecule has 0 aliphatic carbocycles. The van der Waals surface area contributed by atoms with Gasteiger partial charge >= 0.3 is 5.97 Å². The van der Waals surface area contributed by atoms with Crippen molar-refractivity contribution in [1.29, 1.82) is 0 Å². The second kappa shape index (κ2) is 11.2. The summed E-state index contributed by atoms with van der Waals surface area (Å²) in [7, 11) is 2.72. The van der Waals surface area contributed by atoms with E-state index in [9.17, 15) is 9.59 Å². The van der Waals surface area contributed by atoms with E-state index in [0.29, 0.717) is 24.5 Å². The number of carbonyl (C=O) groups is 2. The van der Waals surface area contributed by atoms with E-state index in [-0.39, 0.29) is 30.5 Å². The van der Waals surface area contributed by atoms with E-state index in [0.717, 1.165) is 5.56 Å². The monoisotopic (exact) mass is 454 g/mol. The van der Waals surface area contributed by atoms with Crippen molar-refractivity contribution in [3.63, 3.8) is 0 Å². The van der Waals surface area contributed by atoms with E-state index in [2.05, 4.69) is 10.0 Å². The molecule has 1 aliphatic rings. The maximum Gasteiger partial charge on any atom is 0.328 e. The molecule has 2 atom stereocenters. The van der Waals surface area contributed by atoms with E-state index in [1.807, 2.05) is 37.3 Å². The average molecular weight is 454 g/mol. The average Bonchev–Trinajstić information content (AvgIpc) is 3.27. The highest BCUT2D eigenvalue weighted by molar-refractivity contribution is 6.02. The maximum atomic E-state index is 13.5. The van der Waals surface area contributed by atoms with Gasteiger partial charge in [0.25, 0.3) is 5.91 Å². The summed E-state index contributed by atoms with van der Waals surface area (Å²) in [4.78, 5) is 30.0. The van der Waals surface area contributed by atoms with E-state index in [1.54, 1.807) is 0 Å². The molecule has 2 aromatic rings. The zero-order valence-electron chi connectivity index (χ0n) is 18.8. The number of nitrogens with zero attached hydrogens (tertiary/aromatic N) is 4. The van der Waals surface area contributed by atoms with Crippen LogP contribution in [0.15, 0.2) is 47.6 Å². The van der Waals surface area contributed by atoms with E-state index < -0.39 is 17.9 Å². The van der Waals surface area contributed by atoms with Crippen LogP contribution in [0.25, 0.3) is 10.4 Å². The first-order chi connectivity index (χ1) is 16.0. The van der Waals surface area contributed by atoms with Gasteiger partial charge < -0.3 is 23.8 Å². The molecule has 0 unspecified atom stereocenters. The van der Waals surface area contributed by atoms with Crippen LogP contribution in [-0.4, -0.2) is 56.3 Å². The molecule has 0 aromatic heterocycles. The Kier molecular flexibility index (Phi) is 8.12. The maximum absolute atomic E-state index is 13.5. The van der Waals surface area contributed by atoms with Crippen LogP contribution in [0.1, 0.15) is 29.3 Å². The second-order valence-electron chi connectivity index (χ2n) is 7.29. The molecule has 2 aromatic carbocycles. The largest absolute Gasteiger partial charge is 0.493 e. The molecule has 0 N–H and O–H groups in total. The molecule has 1 fully saturated rings. The first kappa shape index (κ1) is 23.9. The smallest absolute Gasteiger partial charge is 0.328 e. The molecule has 1 amide bonds. The summed E-state index contributed by atoms with van der Waals surface area (Å²) in [6.45, 7) is 2.76. The molecule has 0 saturated carbocycles. The molecule has 174 valence electrons. The summed E-state index contributed by atoms with van der Waals surface area (Å²) in [6.07, 6.45) is 0.0137. The number of hydrogen-bond donors (Lipinski definition) is 0. The predicted octanol–water partition coefficient (Wildman–Crippen LogP) is 4.01. The number of hydrogen-bond acceptors (Lipinski definition) is 7. The van der Waals surface area contributed by atoms with Gasteiger partial charge in [0.1, 0.15) is 12.6 Å². The zero-order chi connectivity index (χ0) is 23.8. The Morgan fingerprint density at radius 1 is 1.18 bits per heavy atom. The van der Waals surface area contributed by atoms with E-state index in [1.165, 1.54) is 31.3 Å². The van der Waals surface area contributed by atoms with Gasteiger partial charge in [-0.2, -0.15) is 0 Å². The number of amides is 1. The summed E-state index contributed by atoms with van der Waals surface area (Å²) in [5.74, 6) is -0.423. The SMILES string of the molecule is CCO[C@@H]1C[C@@H](C(=O)OC)N(C(=O)c2cc(OC)c(OCc3ccccc3)cc2N=[N+]=[N-])C1. The Hall–Kier alpha value is -3.75. The minimum atomic E-state index is -0.807. The quantitative estimate of drug-likeness (QED) is 0.244. The van der Waals surface area contributed by atoms with Crippen molar-refractivity contribution in [1.82, 2.24) is 4.90 Å². The van der Waals surface area contributed by atoms with Gasteiger partial charge in [-0.3, -0.25) is 4.79 Å². The first-order valence-corrected chi connectivity index (χ1v) is 10.5. The van der Waals surface area contributed by atoms with Crippen LogP contribution in [0, 0.1) is 0 Å². The summed E-state index contributed by atoms with van der Waals surface area (Å²) in [5, 5.41) is 3.69. The summed E-state index contributed by atoms with van der Waals surface area (Å²) in [5.41, 5.74) is 10.2. The molecule has 0 bridgehead atoms. The molecular formula is C23H26N4O6. The molecular weight excluding hydrogens is 428 g/mol. The minimum Gasteiger partial charge on any atom is -0.493 e. The summed E-state index contributed by atoms with van der Waals surface area (Å²) >= 11 is 0. The van der Waals surface area contributed by atoms with Gasteiger partial charge in [0.2, 0.25) is 0 Å². The lowest BCUT2D eigenvalue weighted by molar-refractivity contribution is -0.145. The third-order valence-electron chi connectivity index (χ3n) is 5.30. The Bertz CT molecular complexity index is 1040. The van der Waals surface area contributed by atoms with Crippen molar-refractivity contribution in [3.05, 3.63) is 64.0 Å². The van der Waals surface area contributed by atoms with Crippen LogP contribution in [-0.2, 0) is 20.9 Å². The highest BCUT2D eigenvalue weighted by Gasteiger charge is 2.41. The zero-order valence-corrected chi connectivity index (χ0v) is 18.8. The van der Waals surface area contributed by atoms with Crippen molar-refractivity contribution in [2.24, 2.45) is 5.11 Å². The van der Waals surface area contributed by atoms with Gasteiger partial charge in [-0.15, -0.1) is 0 Å². The fourth-order valence-corrected chi connectivity index (χ4v) is 3.75. The highest BCUT2D eigenvalue weighted by Crippen LogP contribution is 2.37. The lowest BCUT2D eigenvalue weighted by Crippen LogP contribution is -2.41. The Morgan fingerprint density at radius 2 is 1.94 bits per heavy atom. The van der Waals surface area contributed by atoms with Crippen LogP contribution < -0.4 is 9.47 Å². The van der Waals surface area contributed by atoms with Gasteiger partial charge in [0.05, 0.1) is 31.6 Å². The topological polar surface area (TPSA) is 123 Å². The van der Waals surface area contributed by atoms with Gasteiger partial charge in [0, 0.05) is 24.5 Å². The third-order valence-corrected chi connectivity index (χ3v) is 5.30. The van der Waals surface area contributed by atoms with Crippen LogP contribution in [0.5, 0.6) is 11.5 Å². The van der Waals surface area contributed by atoms with Crippen LogP contribution in [0.3, 0.4) is 0 Å². The molecule has 1 aliphatic heterocycles. The fourth-order valence-electron chi connectivity index (χ4n) is 3.75. The third kappa shape index (κ3) is 5.54. The number of ether oxygens (including phenoxy) is 4. The molecule has 10 heteroatoms. The summed E-state index contributed by atoms with van der Waals surface area (Å²) in [6, 6.07) is 11.6. The first-order valence-electron chi connectivity index (χ1n) is 10.5. The standard InChI is InChI=1S/C23H26N4O6/c1-4-32-16-10-19(23(29)31-3)27(13-16)22(28)17-11-20(30-2)21(12-18(17)25-26-24)33-14-15-8-6-5-7-9-15/h5-9,11-12,16,19H,4,10,13-14H2,1-3H3/t16-,19+/m1/s1. The van der Waals surface area contributed by atoms with E-state index >= 15 is 0 Å². The van der Waals surface area contributed by atoms with Crippen LogP contribution >= 0.6 is 0 Å². The van der Waals surface area contributed by atoms with E-state index in [4.69, 9.17) is 24.5 Å². The number of rotatable bonds is 9. The Labute approximate surface area is 191 Å². The number of carbonyl (C=O) groups excluding carboxylic acids is 2. The lowest BCUT2D eigenvalue weighted by Gasteiger charge is -2.24. The molecule has 0 spiro atoms. The molecule has 1 saturated heterocycles. The number of methoxy groups -OCH3 is 2. The number of esters is 1. The van der Waals surface area contributed by atoms with Crippen molar-refractivity contribution >= 4 is 17.6 Å². The Morgan fingerprint density at radius 3 is 2.58 bits per heavy atom. The molecule has 10 nitrogen and oxygen atoms in total. The second-order valence-corrected chi connectivity index (χ2v) is 7.29. The lowest BCUT2D eigenvalue weighted by atomic mass is 10.1. The minimum absolute atomic E-state index is 0.0647. The van der Waals surface area contributed by atoms with Gasteiger partial charge in [-0.1, -0.05) is 35.4 Å². The number of benzene rings is 2. The van der Waals surface area contributed by atoms with Crippen molar-refractivity contribution < 1.29 is 28.5 Å². The number of likely N-dealkylation sites (tertiary alicyclic amines) is 1. The molecule has 33 heavy (non-hydrogen) atoms. The predicted molar refractivity (Wildman–Crippen MR) is 119 cm³/mol. The van der Waals surface area contributed by atoms with Crippen molar-refractivity contribution in [2.75, 3.05) is 27.4 Å². The molecule has 0 radical (unpaired) electrons. The van der Waals surface area contributed by atoms with Crippen molar-refractivity contribution in [2.45, 2.75) is 32.1 Å². The normalized spacial score (nSPS) is 17.2. The van der Waals surface area contributed by atoms with Gasteiger partial charge in [-0.05, 0) is 30.2 Å². The van der Waals surface area contributed by atoms with Crippen molar-refractivity contribution in [3.8, 4) is 11.5 Å².